The maximum absolute atomic E-state index is 11.8. The third-order valence-corrected chi connectivity index (χ3v) is 5.49. The van der Waals surface area contributed by atoms with Crippen molar-refractivity contribution < 1.29 is 13.2 Å². The van der Waals surface area contributed by atoms with Crippen molar-refractivity contribution in [3.05, 3.63) is 11.9 Å². The predicted molar refractivity (Wildman–Crippen MR) is 74.5 cm³/mol. The Morgan fingerprint density at radius 3 is 2.80 bits per heavy atom. The third kappa shape index (κ3) is 2.75. The number of hydrogen-bond donors (Lipinski definition) is 1. The van der Waals surface area contributed by atoms with E-state index >= 15 is 0 Å². The van der Waals surface area contributed by atoms with E-state index in [-0.39, 0.29) is 5.92 Å². The van der Waals surface area contributed by atoms with E-state index in [4.69, 9.17) is 4.74 Å². The second-order valence-corrected chi connectivity index (χ2v) is 7.73. The Bertz CT molecular complexity index is 563. The molecule has 6 nitrogen and oxygen atoms in total. The minimum Gasteiger partial charge on any atom is -0.381 e. The van der Waals surface area contributed by atoms with E-state index in [1.807, 2.05) is 0 Å². The van der Waals surface area contributed by atoms with E-state index in [1.54, 1.807) is 0 Å². The standard InChI is InChI=1S/C13H21N3O3S/c1-20(17,18)12-8-14-15-13(12)10-2-5-16(9-10)11-3-6-19-7-4-11/h8,10-11H,2-7,9H2,1H3,(H,14,15). The molecular formula is C13H21N3O3S. The van der Waals surface area contributed by atoms with Crippen LogP contribution in [0, 0.1) is 0 Å². The summed E-state index contributed by atoms with van der Waals surface area (Å²) in [4.78, 5) is 2.83. The first-order chi connectivity index (χ1) is 9.55. The molecule has 0 radical (unpaired) electrons. The number of aromatic nitrogens is 2. The molecule has 2 aliphatic rings. The maximum Gasteiger partial charge on any atom is 0.178 e. The molecule has 1 atom stereocenters. The van der Waals surface area contributed by atoms with Crippen molar-refractivity contribution in [3.63, 3.8) is 0 Å². The van der Waals surface area contributed by atoms with Gasteiger partial charge in [-0.2, -0.15) is 5.10 Å². The van der Waals surface area contributed by atoms with Gasteiger partial charge in [-0.15, -0.1) is 0 Å². The molecule has 3 heterocycles. The van der Waals surface area contributed by atoms with Crippen LogP contribution in [0.4, 0.5) is 0 Å². The molecule has 2 aliphatic heterocycles. The van der Waals surface area contributed by atoms with Crippen molar-refractivity contribution in [2.24, 2.45) is 0 Å². The van der Waals surface area contributed by atoms with E-state index < -0.39 is 9.84 Å². The fourth-order valence-electron chi connectivity index (χ4n) is 3.28. The maximum atomic E-state index is 11.8. The number of hydrogen-bond acceptors (Lipinski definition) is 5. The molecule has 2 saturated heterocycles. The van der Waals surface area contributed by atoms with Crippen LogP contribution in [0.15, 0.2) is 11.1 Å². The molecule has 1 N–H and O–H groups in total. The summed E-state index contributed by atoms with van der Waals surface area (Å²) in [5.74, 6) is 0.241. The van der Waals surface area contributed by atoms with E-state index in [1.165, 1.54) is 12.5 Å². The molecule has 20 heavy (non-hydrogen) atoms. The molecule has 1 aromatic heterocycles. The van der Waals surface area contributed by atoms with Crippen molar-refractivity contribution in [3.8, 4) is 0 Å². The first kappa shape index (κ1) is 14.0. The predicted octanol–water partition coefficient (Wildman–Crippen LogP) is 0.781. The van der Waals surface area contributed by atoms with E-state index in [0.29, 0.717) is 10.9 Å². The highest BCUT2D eigenvalue weighted by Gasteiger charge is 2.33. The molecule has 1 aromatic rings. The Morgan fingerprint density at radius 1 is 1.35 bits per heavy atom. The number of likely N-dealkylation sites (tertiary alicyclic amines) is 1. The van der Waals surface area contributed by atoms with Crippen LogP contribution in [-0.2, 0) is 14.6 Å². The van der Waals surface area contributed by atoms with Gasteiger partial charge in [0.05, 0.1) is 11.9 Å². The average Bonchev–Trinajstić information content (AvgIpc) is 3.08. The number of nitrogens with zero attached hydrogens (tertiary/aromatic N) is 2. The Kier molecular flexibility index (Phi) is 3.83. The van der Waals surface area contributed by atoms with Gasteiger partial charge < -0.3 is 4.74 Å². The second-order valence-electron chi connectivity index (χ2n) is 5.74. The van der Waals surface area contributed by atoms with Gasteiger partial charge >= 0.3 is 0 Å². The Morgan fingerprint density at radius 2 is 2.10 bits per heavy atom. The fraction of sp³-hybridized carbons (Fsp3) is 0.769. The summed E-state index contributed by atoms with van der Waals surface area (Å²) < 4.78 is 28.9. The Hall–Kier alpha value is -0.920. The highest BCUT2D eigenvalue weighted by atomic mass is 32.2. The van der Waals surface area contributed by atoms with Crippen LogP contribution in [0.1, 0.15) is 30.9 Å². The number of nitrogens with one attached hydrogen (secondary N) is 1. The summed E-state index contributed by atoms with van der Waals surface area (Å²) in [5.41, 5.74) is 0.780. The van der Waals surface area contributed by atoms with Gasteiger partial charge in [0, 0.05) is 38.0 Å². The van der Waals surface area contributed by atoms with Gasteiger partial charge in [-0.25, -0.2) is 8.42 Å². The highest BCUT2D eigenvalue weighted by molar-refractivity contribution is 7.90. The van der Waals surface area contributed by atoms with Crippen molar-refractivity contribution in [1.29, 1.82) is 0 Å². The lowest BCUT2D eigenvalue weighted by molar-refractivity contribution is 0.0419. The van der Waals surface area contributed by atoms with Crippen LogP contribution in [0.5, 0.6) is 0 Å². The number of sulfone groups is 1. The molecule has 0 amide bonds. The molecule has 112 valence electrons. The topological polar surface area (TPSA) is 75.3 Å². The van der Waals surface area contributed by atoms with E-state index in [9.17, 15) is 8.42 Å². The average molecular weight is 299 g/mol. The van der Waals surface area contributed by atoms with Crippen LogP contribution >= 0.6 is 0 Å². The Balaban J connectivity index is 1.73. The molecule has 1 unspecified atom stereocenters. The highest BCUT2D eigenvalue weighted by Crippen LogP contribution is 2.32. The van der Waals surface area contributed by atoms with Gasteiger partial charge in [-0.3, -0.25) is 10.00 Å². The summed E-state index contributed by atoms with van der Waals surface area (Å²) >= 11 is 0. The van der Waals surface area contributed by atoms with E-state index in [0.717, 1.165) is 51.3 Å². The van der Waals surface area contributed by atoms with Gasteiger partial charge in [0.15, 0.2) is 9.84 Å². The first-order valence-corrected chi connectivity index (χ1v) is 9.00. The zero-order valence-electron chi connectivity index (χ0n) is 11.7. The fourth-order valence-corrected chi connectivity index (χ4v) is 4.13. The summed E-state index contributed by atoms with van der Waals surface area (Å²) in [6.07, 6.45) is 5.82. The molecule has 3 rings (SSSR count). The molecular weight excluding hydrogens is 278 g/mol. The molecule has 0 saturated carbocycles. The first-order valence-electron chi connectivity index (χ1n) is 7.11. The quantitative estimate of drug-likeness (QED) is 0.893. The summed E-state index contributed by atoms with van der Waals surface area (Å²) in [7, 11) is -3.20. The Labute approximate surface area is 119 Å². The summed E-state index contributed by atoms with van der Waals surface area (Å²) in [6, 6.07) is 0.582. The minimum absolute atomic E-state index is 0.241. The molecule has 0 aromatic carbocycles. The van der Waals surface area contributed by atoms with Gasteiger partial charge in [-0.05, 0) is 25.8 Å². The van der Waals surface area contributed by atoms with Crippen LogP contribution in [-0.4, -0.2) is 62.1 Å². The molecule has 0 aliphatic carbocycles. The zero-order valence-corrected chi connectivity index (χ0v) is 12.5. The van der Waals surface area contributed by atoms with Gasteiger partial charge in [0.1, 0.15) is 4.90 Å². The minimum atomic E-state index is -3.20. The largest absolute Gasteiger partial charge is 0.381 e. The molecule has 2 fully saturated rings. The van der Waals surface area contributed by atoms with Crippen molar-refractivity contribution >= 4 is 9.84 Å². The van der Waals surface area contributed by atoms with Gasteiger partial charge in [0.25, 0.3) is 0 Å². The normalized spacial score (nSPS) is 26.1. The second kappa shape index (κ2) is 5.46. The van der Waals surface area contributed by atoms with Crippen LogP contribution in [0.25, 0.3) is 0 Å². The summed E-state index contributed by atoms with van der Waals surface area (Å²) in [6.45, 7) is 3.61. The van der Waals surface area contributed by atoms with Crippen LogP contribution in [0.2, 0.25) is 0 Å². The number of rotatable bonds is 3. The van der Waals surface area contributed by atoms with Crippen LogP contribution < -0.4 is 0 Å². The van der Waals surface area contributed by atoms with Crippen LogP contribution in [0.3, 0.4) is 0 Å². The lowest BCUT2D eigenvalue weighted by atomic mass is 10.0. The third-order valence-electron chi connectivity index (χ3n) is 4.37. The van der Waals surface area contributed by atoms with Crippen molar-refractivity contribution in [1.82, 2.24) is 15.1 Å². The lowest BCUT2D eigenvalue weighted by Crippen LogP contribution is -2.37. The number of H-pyrrole nitrogens is 1. The smallest absolute Gasteiger partial charge is 0.178 e. The number of ether oxygens (including phenoxy) is 1. The molecule has 0 bridgehead atoms. The number of aromatic amines is 1. The lowest BCUT2D eigenvalue weighted by Gasteiger charge is -2.31. The van der Waals surface area contributed by atoms with Gasteiger partial charge in [-0.1, -0.05) is 0 Å². The molecule has 7 heteroatoms. The van der Waals surface area contributed by atoms with Crippen molar-refractivity contribution in [2.75, 3.05) is 32.6 Å². The molecule has 0 spiro atoms. The van der Waals surface area contributed by atoms with Gasteiger partial charge in [0.2, 0.25) is 0 Å². The van der Waals surface area contributed by atoms with E-state index in [2.05, 4.69) is 15.1 Å². The van der Waals surface area contributed by atoms with Crippen molar-refractivity contribution in [2.45, 2.75) is 36.1 Å². The summed E-state index contributed by atoms with van der Waals surface area (Å²) in [5, 5.41) is 6.83. The monoisotopic (exact) mass is 299 g/mol. The SMILES string of the molecule is CS(=O)(=O)c1cn[nH]c1C1CCN(C2CCOCC2)C1. The zero-order chi connectivity index (χ0) is 14.2.